The molecule has 2 heterocycles. The molecule has 1 aliphatic heterocycles. The van der Waals surface area contributed by atoms with Gasteiger partial charge in [0.25, 0.3) is 0 Å². The van der Waals surface area contributed by atoms with Crippen molar-refractivity contribution in [1.82, 2.24) is 4.98 Å². The maximum absolute atomic E-state index is 14.4. The number of halogens is 2. The zero-order valence-corrected chi connectivity index (χ0v) is 17.1. The number of aromatic amines is 1. The van der Waals surface area contributed by atoms with Gasteiger partial charge in [0, 0.05) is 28.8 Å². The van der Waals surface area contributed by atoms with Gasteiger partial charge in [-0.25, -0.2) is 4.39 Å². The summed E-state index contributed by atoms with van der Waals surface area (Å²) in [4.78, 5) is 16.0. The third kappa shape index (κ3) is 3.34. The Bertz CT molecular complexity index is 938. The summed E-state index contributed by atoms with van der Waals surface area (Å²) in [6, 6.07) is 4.24. The number of hydrogen-bond acceptors (Lipinski definition) is 3. The zero-order chi connectivity index (χ0) is 20.7. The summed E-state index contributed by atoms with van der Waals surface area (Å²) in [7, 11) is 1.33. The fourth-order valence-electron chi connectivity index (χ4n) is 4.26. The molecular weight excluding hydrogens is 364 g/mol. The highest BCUT2D eigenvalue weighted by Gasteiger charge is 2.45. The molecule has 0 saturated carbocycles. The molecule has 1 fully saturated rings. The van der Waals surface area contributed by atoms with E-state index in [-0.39, 0.29) is 35.0 Å². The molecule has 4 atom stereocenters. The van der Waals surface area contributed by atoms with E-state index in [1.165, 1.54) is 7.11 Å². The van der Waals surface area contributed by atoms with E-state index in [4.69, 9.17) is 9.47 Å². The van der Waals surface area contributed by atoms with Gasteiger partial charge in [0.2, 0.25) is 5.82 Å². The third-order valence-electron chi connectivity index (χ3n) is 5.73. The normalized spacial score (nSPS) is 24.8. The predicted molar refractivity (Wildman–Crippen MR) is 104 cm³/mol. The quantitative estimate of drug-likeness (QED) is 0.800. The number of hydrogen-bond donors (Lipinski definition) is 1. The Morgan fingerprint density at radius 1 is 1.21 bits per heavy atom. The van der Waals surface area contributed by atoms with Crippen LogP contribution in [0.4, 0.5) is 8.78 Å². The minimum absolute atomic E-state index is 0.00721. The van der Waals surface area contributed by atoms with Crippen molar-refractivity contribution in [2.75, 3.05) is 7.11 Å². The summed E-state index contributed by atoms with van der Waals surface area (Å²) < 4.78 is 39.7. The summed E-state index contributed by atoms with van der Waals surface area (Å²) in [5.41, 5.74) is 2.58. The lowest BCUT2D eigenvalue weighted by molar-refractivity contribution is 0.0411. The minimum atomic E-state index is -1.01. The van der Waals surface area contributed by atoms with Gasteiger partial charge in [-0.3, -0.25) is 4.79 Å². The summed E-state index contributed by atoms with van der Waals surface area (Å²) in [5.74, 6) is -2.37. The van der Waals surface area contributed by atoms with Gasteiger partial charge in [0.05, 0.1) is 18.9 Å². The number of aromatic nitrogens is 1. The fourth-order valence-corrected chi connectivity index (χ4v) is 4.26. The molecule has 1 aromatic carbocycles. The average Bonchev–Trinajstić information content (AvgIpc) is 2.91. The van der Waals surface area contributed by atoms with Gasteiger partial charge in [-0.1, -0.05) is 26.8 Å². The van der Waals surface area contributed by atoms with Gasteiger partial charge < -0.3 is 14.5 Å². The maximum atomic E-state index is 14.4. The highest BCUT2D eigenvalue weighted by molar-refractivity contribution is 5.42. The second kappa shape index (κ2) is 7.66. The molecule has 0 bridgehead atoms. The highest BCUT2D eigenvalue weighted by Crippen LogP contribution is 2.51. The van der Waals surface area contributed by atoms with Crippen LogP contribution in [0.2, 0.25) is 0 Å². The summed E-state index contributed by atoms with van der Waals surface area (Å²) >= 11 is 0. The van der Waals surface area contributed by atoms with Crippen molar-refractivity contribution in [3.05, 3.63) is 62.6 Å². The molecule has 1 saturated heterocycles. The lowest BCUT2D eigenvalue weighted by atomic mass is 9.80. The number of methoxy groups -OCH3 is 1. The van der Waals surface area contributed by atoms with Crippen LogP contribution < -0.4 is 10.2 Å². The molecule has 0 aliphatic carbocycles. The van der Waals surface area contributed by atoms with Crippen LogP contribution in [0.1, 0.15) is 68.1 Å². The number of ether oxygens (including phenoxy) is 2. The van der Waals surface area contributed by atoms with Crippen LogP contribution in [0, 0.1) is 24.5 Å². The van der Waals surface area contributed by atoms with Crippen molar-refractivity contribution in [1.29, 1.82) is 0 Å². The van der Waals surface area contributed by atoms with E-state index in [9.17, 15) is 13.6 Å². The predicted octanol–water partition coefficient (Wildman–Crippen LogP) is 4.97. The van der Waals surface area contributed by atoms with Crippen LogP contribution in [0.25, 0.3) is 0 Å². The second-order valence-corrected chi connectivity index (χ2v) is 7.93. The topological polar surface area (TPSA) is 51.3 Å². The first-order valence-corrected chi connectivity index (χ1v) is 9.58. The number of nitrogens with one attached hydrogen (secondary N) is 1. The Morgan fingerprint density at radius 3 is 2.50 bits per heavy atom. The van der Waals surface area contributed by atoms with Gasteiger partial charge in [-0.05, 0) is 31.7 Å². The zero-order valence-electron chi connectivity index (χ0n) is 17.1. The van der Waals surface area contributed by atoms with Crippen molar-refractivity contribution in [3.8, 4) is 5.75 Å². The molecule has 152 valence electrons. The molecule has 0 radical (unpaired) electrons. The van der Waals surface area contributed by atoms with E-state index in [0.717, 1.165) is 11.8 Å². The van der Waals surface area contributed by atoms with Crippen molar-refractivity contribution in [2.24, 2.45) is 5.92 Å². The number of aryl methyl sites for hydroxylation is 1. The van der Waals surface area contributed by atoms with Crippen LogP contribution in [0.5, 0.6) is 5.75 Å². The van der Waals surface area contributed by atoms with Crippen molar-refractivity contribution >= 4 is 0 Å². The standard InChI is InChI=1S/C22H27F2NO3/c1-10(2)17-16(26)9-11(3)25-20(17)22-18(12(4)13(5)28-22)14-7-8-15(23)19(24)21(14)27-6/h7-10,12-13,18,22H,1-6H3,(H,25,26)/t12-,13-,18+,22-/m1/s1. The van der Waals surface area contributed by atoms with E-state index >= 15 is 0 Å². The van der Waals surface area contributed by atoms with Gasteiger partial charge in [-0.15, -0.1) is 0 Å². The van der Waals surface area contributed by atoms with E-state index in [2.05, 4.69) is 4.98 Å². The lowest BCUT2D eigenvalue weighted by Crippen LogP contribution is -2.22. The molecule has 2 aromatic rings. The van der Waals surface area contributed by atoms with Crippen LogP contribution in [-0.2, 0) is 4.74 Å². The SMILES string of the molecule is COc1c([C@@H]2[C@H](C)[C@@H](C)O[C@H]2c2[nH]c(C)cc(=O)c2C(C)C)ccc(F)c1F. The molecule has 6 heteroatoms. The van der Waals surface area contributed by atoms with Gasteiger partial charge in [0.15, 0.2) is 17.0 Å². The molecule has 3 rings (SSSR count). The number of rotatable bonds is 4. The maximum Gasteiger partial charge on any atom is 0.200 e. The first-order chi connectivity index (χ1) is 13.2. The first kappa shape index (κ1) is 20.5. The average molecular weight is 391 g/mol. The summed E-state index contributed by atoms with van der Waals surface area (Å²) in [5, 5.41) is 0. The van der Waals surface area contributed by atoms with Crippen LogP contribution in [-0.4, -0.2) is 18.2 Å². The molecule has 28 heavy (non-hydrogen) atoms. The third-order valence-corrected chi connectivity index (χ3v) is 5.73. The lowest BCUT2D eigenvalue weighted by Gasteiger charge is -2.26. The Morgan fingerprint density at radius 2 is 1.89 bits per heavy atom. The molecule has 0 spiro atoms. The first-order valence-electron chi connectivity index (χ1n) is 9.58. The Labute approximate surface area is 163 Å². The molecule has 0 unspecified atom stereocenters. The number of benzene rings is 1. The fraction of sp³-hybridized carbons (Fsp3) is 0.500. The van der Waals surface area contributed by atoms with Crippen molar-refractivity contribution < 1.29 is 18.3 Å². The molecule has 4 nitrogen and oxygen atoms in total. The van der Waals surface area contributed by atoms with Crippen LogP contribution >= 0.6 is 0 Å². The van der Waals surface area contributed by atoms with Crippen LogP contribution in [0.15, 0.2) is 23.0 Å². The van der Waals surface area contributed by atoms with Gasteiger partial charge in [0.1, 0.15) is 6.10 Å². The van der Waals surface area contributed by atoms with Crippen molar-refractivity contribution in [2.45, 2.75) is 58.7 Å². The minimum Gasteiger partial charge on any atom is -0.493 e. The van der Waals surface area contributed by atoms with E-state index in [1.807, 2.05) is 34.6 Å². The molecule has 1 aromatic heterocycles. The van der Waals surface area contributed by atoms with Gasteiger partial charge >= 0.3 is 0 Å². The molecular formula is C22H27F2NO3. The number of pyridine rings is 1. The smallest absolute Gasteiger partial charge is 0.200 e. The highest BCUT2D eigenvalue weighted by atomic mass is 19.2. The molecule has 1 N–H and O–H groups in total. The van der Waals surface area contributed by atoms with E-state index < -0.39 is 17.7 Å². The Balaban J connectivity index is 2.23. The van der Waals surface area contributed by atoms with E-state index in [0.29, 0.717) is 16.8 Å². The largest absolute Gasteiger partial charge is 0.493 e. The molecule has 1 aliphatic rings. The molecule has 0 amide bonds. The summed E-state index contributed by atoms with van der Waals surface area (Å²) in [6.07, 6.45) is -0.620. The van der Waals surface area contributed by atoms with Crippen molar-refractivity contribution in [3.63, 3.8) is 0 Å². The van der Waals surface area contributed by atoms with Crippen LogP contribution in [0.3, 0.4) is 0 Å². The Kier molecular flexibility index (Phi) is 5.62. The monoisotopic (exact) mass is 391 g/mol. The Hall–Kier alpha value is -2.21. The van der Waals surface area contributed by atoms with Gasteiger partial charge in [-0.2, -0.15) is 4.39 Å². The number of H-pyrrole nitrogens is 1. The summed E-state index contributed by atoms with van der Waals surface area (Å²) in [6.45, 7) is 9.70. The second-order valence-electron chi connectivity index (χ2n) is 7.93. The van der Waals surface area contributed by atoms with E-state index in [1.54, 1.807) is 12.1 Å².